The topological polar surface area (TPSA) is 51.8 Å². The van der Waals surface area contributed by atoms with Crippen LogP contribution >= 0.6 is 11.3 Å². The SMILES string of the molecule is c1ccc(-c2ccc(-c3nc(-c4ccccc4)nc(-c4cccc5oc6cc(-c7cccc(-c8cccc9sc%10ccccc%10c89)c7)ccc6c45)n3)cc2)cc1. The molecule has 0 bridgehead atoms. The highest BCUT2D eigenvalue weighted by atomic mass is 32.1. The predicted molar refractivity (Wildman–Crippen MR) is 233 cm³/mol. The number of thiophene rings is 1. The molecule has 5 heteroatoms. The molecule has 0 saturated carbocycles. The number of rotatable bonds is 6. The number of hydrogen-bond acceptors (Lipinski definition) is 5. The van der Waals surface area contributed by atoms with Crippen molar-refractivity contribution in [2.75, 3.05) is 0 Å². The van der Waals surface area contributed by atoms with E-state index >= 15 is 0 Å². The van der Waals surface area contributed by atoms with Gasteiger partial charge >= 0.3 is 0 Å². The summed E-state index contributed by atoms with van der Waals surface area (Å²) in [6, 6.07) is 65.7. The van der Waals surface area contributed by atoms with Gasteiger partial charge in [-0.3, -0.25) is 0 Å². The molecule has 0 spiro atoms. The van der Waals surface area contributed by atoms with E-state index in [1.807, 2.05) is 59.9 Å². The van der Waals surface area contributed by atoms with Crippen LogP contribution in [0.1, 0.15) is 0 Å². The summed E-state index contributed by atoms with van der Waals surface area (Å²) in [5, 5.41) is 4.61. The van der Waals surface area contributed by atoms with E-state index in [2.05, 4.69) is 140 Å². The predicted octanol–water partition coefficient (Wildman–Crippen LogP) is 14.1. The van der Waals surface area contributed by atoms with Crippen molar-refractivity contribution < 1.29 is 4.42 Å². The summed E-state index contributed by atoms with van der Waals surface area (Å²) < 4.78 is 9.21. The minimum Gasteiger partial charge on any atom is -0.456 e. The Morgan fingerprint density at radius 3 is 1.70 bits per heavy atom. The Bertz CT molecular complexity index is 3240. The Labute approximate surface area is 327 Å². The molecule has 0 atom stereocenters. The van der Waals surface area contributed by atoms with Crippen LogP contribution in [-0.4, -0.2) is 15.0 Å². The molecule has 56 heavy (non-hydrogen) atoms. The van der Waals surface area contributed by atoms with Crippen LogP contribution in [0.15, 0.2) is 192 Å². The van der Waals surface area contributed by atoms with Crippen LogP contribution in [0.25, 0.3) is 110 Å². The summed E-state index contributed by atoms with van der Waals surface area (Å²) >= 11 is 1.85. The quantitative estimate of drug-likeness (QED) is 0.171. The van der Waals surface area contributed by atoms with Crippen molar-refractivity contribution in [3.63, 3.8) is 0 Å². The summed E-state index contributed by atoms with van der Waals surface area (Å²) in [5.41, 5.74) is 11.3. The third kappa shape index (κ3) is 5.56. The molecule has 11 rings (SSSR count). The highest BCUT2D eigenvalue weighted by Gasteiger charge is 2.19. The molecule has 8 aromatic carbocycles. The fourth-order valence-corrected chi connectivity index (χ4v) is 8.99. The molecular weight excluding hydrogens is 703 g/mol. The molecule has 262 valence electrons. The van der Waals surface area contributed by atoms with E-state index in [0.717, 1.165) is 55.3 Å². The average Bonchev–Trinajstić information content (AvgIpc) is 3.85. The lowest BCUT2D eigenvalue weighted by Gasteiger charge is -2.10. The number of fused-ring (bicyclic) bond motifs is 6. The maximum atomic E-state index is 6.60. The molecule has 0 aliphatic carbocycles. The second-order valence-electron chi connectivity index (χ2n) is 14.0. The van der Waals surface area contributed by atoms with Crippen LogP contribution < -0.4 is 0 Å². The van der Waals surface area contributed by atoms with Crippen LogP contribution in [0.4, 0.5) is 0 Å². The maximum Gasteiger partial charge on any atom is 0.164 e. The maximum absolute atomic E-state index is 6.60. The van der Waals surface area contributed by atoms with E-state index < -0.39 is 0 Å². The van der Waals surface area contributed by atoms with Crippen LogP contribution in [-0.2, 0) is 0 Å². The molecule has 0 unspecified atom stereocenters. The third-order valence-corrected chi connectivity index (χ3v) is 11.7. The fourth-order valence-electron chi connectivity index (χ4n) is 7.86. The number of aromatic nitrogens is 3. The van der Waals surface area contributed by atoms with Crippen molar-refractivity contribution in [2.24, 2.45) is 0 Å². The molecule has 0 N–H and O–H groups in total. The Kier molecular flexibility index (Phi) is 7.64. The van der Waals surface area contributed by atoms with Gasteiger partial charge in [0.15, 0.2) is 17.5 Å². The van der Waals surface area contributed by atoms with Crippen molar-refractivity contribution in [3.05, 3.63) is 188 Å². The van der Waals surface area contributed by atoms with Gasteiger partial charge in [0, 0.05) is 47.6 Å². The summed E-state index contributed by atoms with van der Waals surface area (Å²) in [5.74, 6) is 1.84. The number of nitrogens with zero attached hydrogens (tertiary/aromatic N) is 3. The van der Waals surface area contributed by atoms with Crippen molar-refractivity contribution in [2.45, 2.75) is 0 Å². The molecule has 0 radical (unpaired) electrons. The molecule has 4 nitrogen and oxygen atoms in total. The van der Waals surface area contributed by atoms with E-state index in [4.69, 9.17) is 19.4 Å². The highest BCUT2D eigenvalue weighted by molar-refractivity contribution is 7.25. The lowest BCUT2D eigenvalue weighted by atomic mass is 9.95. The first-order valence-corrected chi connectivity index (χ1v) is 19.5. The van der Waals surface area contributed by atoms with E-state index in [1.165, 1.54) is 36.9 Å². The van der Waals surface area contributed by atoms with E-state index in [1.54, 1.807) is 0 Å². The lowest BCUT2D eigenvalue weighted by Crippen LogP contribution is -2.00. The first kappa shape index (κ1) is 32.2. The second kappa shape index (κ2) is 13.3. The second-order valence-corrected chi connectivity index (χ2v) is 15.0. The zero-order valence-electron chi connectivity index (χ0n) is 30.1. The van der Waals surface area contributed by atoms with Gasteiger partial charge in [0.1, 0.15) is 11.2 Å². The molecular formula is C51H31N3OS. The fraction of sp³-hybridized carbons (Fsp3) is 0. The van der Waals surface area contributed by atoms with Gasteiger partial charge in [0.2, 0.25) is 0 Å². The van der Waals surface area contributed by atoms with Gasteiger partial charge in [-0.1, -0.05) is 152 Å². The smallest absolute Gasteiger partial charge is 0.164 e. The van der Waals surface area contributed by atoms with Gasteiger partial charge in [-0.05, 0) is 69.8 Å². The van der Waals surface area contributed by atoms with Gasteiger partial charge in [0.25, 0.3) is 0 Å². The van der Waals surface area contributed by atoms with Gasteiger partial charge in [-0.25, -0.2) is 15.0 Å². The molecule has 11 aromatic rings. The standard InChI is InChI=1S/C51H31N3OS/c1-3-12-32(13-4-1)33-24-26-35(27-25-33)50-52-49(34-14-5-2-6-15-34)53-51(54-50)42-20-10-21-43-47(42)40-29-28-37(31-44(40)55-43)36-16-9-17-38(30-36)39-19-11-23-46-48(39)41-18-7-8-22-45(41)56-46/h1-31H. The summed E-state index contributed by atoms with van der Waals surface area (Å²) in [6.45, 7) is 0. The summed E-state index contributed by atoms with van der Waals surface area (Å²) in [4.78, 5) is 15.2. The van der Waals surface area contributed by atoms with Crippen LogP contribution in [0.5, 0.6) is 0 Å². The Morgan fingerprint density at radius 2 is 0.875 bits per heavy atom. The molecule has 0 saturated heterocycles. The highest BCUT2D eigenvalue weighted by Crippen LogP contribution is 2.42. The zero-order chi connectivity index (χ0) is 37.0. The number of hydrogen-bond donors (Lipinski definition) is 0. The molecule has 0 aliphatic rings. The largest absolute Gasteiger partial charge is 0.456 e. The normalized spacial score (nSPS) is 11.6. The van der Waals surface area contributed by atoms with Crippen LogP contribution in [0.2, 0.25) is 0 Å². The zero-order valence-corrected chi connectivity index (χ0v) is 30.9. The van der Waals surface area contributed by atoms with Crippen molar-refractivity contribution in [1.29, 1.82) is 0 Å². The van der Waals surface area contributed by atoms with Crippen molar-refractivity contribution >= 4 is 53.4 Å². The molecule has 0 aliphatic heterocycles. The molecule has 3 heterocycles. The van der Waals surface area contributed by atoms with Crippen molar-refractivity contribution in [3.8, 4) is 67.5 Å². The minimum atomic E-state index is 0.598. The van der Waals surface area contributed by atoms with Crippen LogP contribution in [0, 0.1) is 0 Å². The van der Waals surface area contributed by atoms with E-state index in [-0.39, 0.29) is 0 Å². The molecule has 3 aromatic heterocycles. The first-order chi connectivity index (χ1) is 27.7. The third-order valence-electron chi connectivity index (χ3n) is 10.6. The number of furan rings is 1. The Hall–Kier alpha value is -7.21. The first-order valence-electron chi connectivity index (χ1n) is 18.7. The van der Waals surface area contributed by atoms with E-state index in [9.17, 15) is 0 Å². The number of benzene rings is 8. The lowest BCUT2D eigenvalue weighted by molar-refractivity contribution is 0.669. The average molecular weight is 734 g/mol. The van der Waals surface area contributed by atoms with E-state index in [0.29, 0.717) is 17.5 Å². The van der Waals surface area contributed by atoms with Gasteiger partial charge in [0.05, 0.1) is 0 Å². The molecule has 0 fully saturated rings. The van der Waals surface area contributed by atoms with Gasteiger partial charge < -0.3 is 4.42 Å². The van der Waals surface area contributed by atoms with Gasteiger partial charge in [-0.2, -0.15) is 0 Å². The summed E-state index contributed by atoms with van der Waals surface area (Å²) in [6.07, 6.45) is 0. The minimum absolute atomic E-state index is 0.598. The van der Waals surface area contributed by atoms with Crippen LogP contribution in [0.3, 0.4) is 0 Å². The Balaban J connectivity index is 1.01. The van der Waals surface area contributed by atoms with Crippen molar-refractivity contribution in [1.82, 2.24) is 15.0 Å². The van der Waals surface area contributed by atoms with Gasteiger partial charge in [-0.15, -0.1) is 11.3 Å². The monoisotopic (exact) mass is 733 g/mol. The summed E-state index contributed by atoms with van der Waals surface area (Å²) in [7, 11) is 0. The molecule has 0 amide bonds. The Morgan fingerprint density at radius 1 is 0.321 bits per heavy atom.